The summed E-state index contributed by atoms with van der Waals surface area (Å²) >= 11 is 1.53. The van der Waals surface area contributed by atoms with Crippen LogP contribution in [-0.4, -0.2) is 45.0 Å². The Balaban J connectivity index is 1.70. The molecule has 1 aliphatic rings. The molecule has 0 spiro atoms. The summed E-state index contributed by atoms with van der Waals surface area (Å²) in [7, 11) is 0. The van der Waals surface area contributed by atoms with Crippen molar-refractivity contribution in [1.82, 2.24) is 19.9 Å². The smallest absolute Gasteiger partial charge is 0.323 e. The van der Waals surface area contributed by atoms with Gasteiger partial charge < -0.3 is 4.74 Å². The van der Waals surface area contributed by atoms with Gasteiger partial charge in [-0.1, -0.05) is 6.42 Å². The van der Waals surface area contributed by atoms with Crippen molar-refractivity contribution in [1.29, 1.82) is 0 Å². The molecule has 3 rings (SSSR count). The number of hydrogen-bond acceptors (Lipinski definition) is 7. The summed E-state index contributed by atoms with van der Waals surface area (Å²) < 4.78 is 5.21. The molecule has 0 aliphatic carbocycles. The van der Waals surface area contributed by atoms with E-state index in [0.717, 1.165) is 36.5 Å². The zero-order valence-electron chi connectivity index (χ0n) is 13.1. The van der Waals surface area contributed by atoms with Gasteiger partial charge in [-0.25, -0.2) is 15.0 Å². The Labute approximate surface area is 139 Å². The van der Waals surface area contributed by atoms with Crippen LogP contribution in [-0.2, 0) is 16.1 Å². The van der Waals surface area contributed by atoms with Gasteiger partial charge in [-0.15, -0.1) is 11.3 Å². The zero-order valence-corrected chi connectivity index (χ0v) is 14.0. The SMILES string of the molecule is CCOC(=O)C1CCCCN1Cc1csc(-c2ncccn2)n1. The number of ether oxygens (including phenoxy) is 1. The van der Waals surface area contributed by atoms with Gasteiger partial charge in [-0.05, 0) is 32.4 Å². The molecule has 23 heavy (non-hydrogen) atoms. The highest BCUT2D eigenvalue weighted by molar-refractivity contribution is 7.13. The Morgan fingerprint density at radius 1 is 1.39 bits per heavy atom. The second-order valence-electron chi connectivity index (χ2n) is 5.45. The van der Waals surface area contributed by atoms with E-state index in [1.54, 1.807) is 18.5 Å². The third-order valence-electron chi connectivity index (χ3n) is 3.85. The molecule has 7 heteroatoms. The third kappa shape index (κ3) is 3.92. The van der Waals surface area contributed by atoms with E-state index in [4.69, 9.17) is 4.74 Å². The molecule has 0 amide bonds. The lowest BCUT2D eigenvalue weighted by Gasteiger charge is -2.33. The van der Waals surface area contributed by atoms with E-state index in [-0.39, 0.29) is 12.0 Å². The number of carbonyl (C=O) groups is 1. The van der Waals surface area contributed by atoms with E-state index in [0.29, 0.717) is 19.0 Å². The summed E-state index contributed by atoms with van der Waals surface area (Å²) in [6.07, 6.45) is 6.46. The van der Waals surface area contributed by atoms with Gasteiger partial charge in [0, 0.05) is 24.3 Å². The van der Waals surface area contributed by atoms with Crippen LogP contribution >= 0.6 is 11.3 Å². The Morgan fingerprint density at radius 2 is 2.22 bits per heavy atom. The molecule has 1 unspecified atom stereocenters. The predicted octanol–water partition coefficient (Wildman–Crippen LogP) is 2.52. The van der Waals surface area contributed by atoms with E-state index in [9.17, 15) is 4.79 Å². The van der Waals surface area contributed by atoms with Gasteiger partial charge in [0.25, 0.3) is 0 Å². The van der Waals surface area contributed by atoms with E-state index >= 15 is 0 Å². The number of likely N-dealkylation sites (tertiary alicyclic amines) is 1. The summed E-state index contributed by atoms with van der Waals surface area (Å²) in [5, 5.41) is 2.83. The van der Waals surface area contributed by atoms with Gasteiger partial charge in [0.1, 0.15) is 6.04 Å². The molecule has 0 bridgehead atoms. The maximum atomic E-state index is 12.1. The Morgan fingerprint density at radius 3 is 3.00 bits per heavy atom. The van der Waals surface area contributed by atoms with E-state index in [1.165, 1.54) is 11.3 Å². The van der Waals surface area contributed by atoms with Crippen LogP contribution in [0.25, 0.3) is 10.8 Å². The number of piperidine rings is 1. The van der Waals surface area contributed by atoms with Crippen LogP contribution in [0.2, 0.25) is 0 Å². The van der Waals surface area contributed by atoms with Gasteiger partial charge in [0.05, 0.1) is 12.3 Å². The van der Waals surface area contributed by atoms with Crippen LogP contribution in [0.5, 0.6) is 0 Å². The minimum Gasteiger partial charge on any atom is -0.465 e. The number of nitrogens with zero attached hydrogens (tertiary/aromatic N) is 4. The van der Waals surface area contributed by atoms with Gasteiger partial charge in [-0.2, -0.15) is 0 Å². The minimum atomic E-state index is -0.151. The standard InChI is InChI=1S/C16H20N4O2S/c1-2-22-16(21)13-6-3-4-9-20(13)10-12-11-23-15(19-12)14-17-7-5-8-18-14/h5,7-8,11,13H,2-4,6,9-10H2,1H3. The van der Waals surface area contributed by atoms with Crippen LogP contribution in [0.1, 0.15) is 31.9 Å². The maximum absolute atomic E-state index is 12.1. The van der Waals surface area contributed by atoms with Gasteiger partial charge in [0.2, 0.25) is 0 Å². The van der Waals surface area contributed by atoms with Crippen molar-refractivity contribution >= 4 is 17.3 Å². The molecule has 0 radical (unpaired) electrons. The summed E-state index contributed by atoms with van der Waals surface area (Å²) in [6.45, 7) is 3.83. The second kappa shape index (κ2) is 7.61. The molecule has 3 heterocycles. The van der Waals surface area contributed by atoms with Gasteiger partial charge in [0.15, 0.2) is 10.8 Å². The van der Waals surface area contributed by atoms with Crippen LogP contribution in [0.15, 0.2) is 23.8 Å². The Bertz CT molecular complexity index is 647. The summed E-state index contributed by atoms with van der Waals surface area (Å²) in [5.41, 5.74) is 0.952. The van der Waals surface area contributed by atoms with Crippen LogP contribution in [0, 0.1) is 0 Å². The maximum Gasteiger partial charge on any atom is 0.323 e. The van der Waals surface area contributed by atoms with Crippen molar-refractivity contribution in [2.24, 2.45) is 0 Å². The lowest BCUT2D eigenvalue weighted by Crippen LogP contribution is -2.45. The van der Waals surface area contributed by atoms with Crippen molar-refractivity contribution in [2.75, 3.05) is 13.2 Å². The third-order valence-corrected chi connectivity index (χ3v) is 4.73. The van der Waals surface area contributed by atoms with E-state index in [2.05, 4.69) is 19.9 Å². The van der Waals surface area contributed by atoms with E-state index < -0.39 is 0 Å². The second-order valence-corrected chi connectivity index (χ2v) is 6.31. The minimum absolute atomic E-state index is 0.117. The molecular formula is C16H20N4O2S. The molecule has 2 aromatic rings. The average molecular weight is 332 g/mol. The molecule has 0 saturated carbocycles. The number of aromatic nitrogens is 3. The summed E-state index contributed by atoms with van der Waals surface area (Å²) in [6, 6.07) is 1.64. The predicted molar refractivity (Wildman–Crippen MR) is 87.8 cm³/mol. The highest BCUT2D eigenvalue weighted by Crippen LogP contribution is 2.24. The molecule has 122 valence electrons. The number of carbonyl (C=O) groups excluding carboxylic acids is 1. The molecule has 6 nitrogen and oxygen atoms in total. The first-order valence-corrected chi connectivity index (χ1v) is 8.78. The number of hydrogen-bond donors (Lipinski definition) is 0. The van der Waals surface area contributed by atoms with Crippen molar-refractivity contribution < 1.29 is 9.53 Å². The van der Waals surface area contributed by atoms with Crippen molar-refractivity contribution in [2.45, 2.75) is 38.8 Å². The lowest BCUT2D eigenvalue weighted by atomic mass is 10.0. The van der Waals surface area contributed by atoms with Crippen molar-refractivity contribution in [3.05, 3.63) is 29.5 Å². The first kappa shape index (κ1) is 16.0. The van der Waals surface area contributed by atoms with Crippen LogP contribution < -0.4 is 0 Å². The summed E-state index contributed by atoms with van der Waals surface area (Å²) in [5.74, 6) is 0.526. The van der Waals surface area contributed by atoms with Gasteiger partial charge >= 0.3 is 5.97 Å². The topological polar surface area (TPSA) is 68.2 Å². The largest absolute Gasteiger partial charge is 0.465 e. The molecule has 1 fully saturated rings. The Kier molecular flexibility index (Phi) is 5.30. The fourth-order valence-electron chi connectivity index (χ4n) is 2.79. The number of rotatable bonds is 5. The number of thiazole rings is 1. The highest BCUT2D eigenvalue weighted by Gasteiger charge is 2.30. The molecule has 2 aromatic heterocycles. The molecule has 0 N–H and O–H groups in total. The average Bonchev–Trinajstić information content (AvgIpc) is 3.05. The molecule has 1 aliphatic heterocycles. The van der Waals surface area contributed by atoms with Gasteiger partial charge in [-0.3, -0.25) is 9.69 Å². The quantitative estimate of drug-likeness (QED) is 0.784. The molecule has 1 saturated heterocycles. The first-order chi connectivity index (χ1) is 11.3. The van der Waals surface area contributed by atoms with Crippen LogP contribution in [0.4, 0.5) is 0 Å². The lowest BCUT2D eigenvalue weighted by molar-refractivity contribution is -0.151. The normalized spacial score (nSPS) is 18.7. The fraction of sp³-hybridized carbons (Fsp3) is 0.500. The molecular weight excluding hydrogens is 312 g/mol. The van der Waals surface area contributed by atoms with Crippen LogP contribution in [0.3, 0.4) is 0 Å². The van der Waals surface area contributed by atoms with Crippen molar-refractivity contribution in [3.63, 3.8) is 0 Å². The fourth-order valence-corrected chi connectivity index (χ4v) is 3.54. The number of esters is 1. The van der Waals surface area contributed by atoms with Crippen molar-refractivity contribution in [3.8, 4) is 10.8 Å². The Hall–Kier alpha value is -1.86. The monoisotopic (exact) mass is 332 g/mol. The molecule has 0 aromatic carbocycles. The highest BCUT2D eigenvalue weighted by atomic mass is 32.1. The first-order valence-electron chi connectivity index (χ1n) is 7.90. The van der Waals surface area contributed by atoms with E-state index in [1.807, 2.05) is 12.3 Å². The molecule has 1 atom stereocenters. The zero-order chi connectivity index (χ0) is 16.1. The summed E-state index contributed by atoms with van der Waals surface area (Å²) in [4.78, 5) is 27.4.